The molecule has 0 unspecified atom stereocenters. The Kier molecular flexibility index (Phi) is 6.66. The topological polar surface area (TPSA) is 64.0 Å². The second-order valence-corrected chi connectivity index (χ2v) is 8.23. The molecule has 0 radical (unpaired) electrons. The van der Waals surface area contributed by atoms with Gasteiger partial charge in [0.25, 0.3) is 0 Å². The lowest BCUT2D eigenvalue weighted by molar-refractivity contribution is -0.121. The maximum Gasteiger partial charge on any atom is 0.220 e. The smallest absolute Gasteiger partial charge is 0.220 e. The first-order valence-corrected chi connectivity index (χ1v) is 10.9. The number of nitrogens with zero attached hydrogens (tertiary/aromatic N) is 2. The average Bonchev–Trinajstić information content (AvgIpc) is 3.15. The van der Waals surface area contributed by atoms with Crippen molar-refractivity contribution in [2.24, 2.45) is 0 Å². The van der Waals surface area contributed by atoms with E-state index in [1.807, 2.05) is 24.3 Å². The van der Waals surface area contributed by atoms with E-state index in [1.165, 1.54) is 11.1 Å². The minimum absolute atomic E-state index is 0.0802. The minimum atomic E-state index is -0.179. The maximum atomic E-state index is 12.4. The third-order valence-electron chi connectivity index (χ3n) is 5.38. The van der Waals surface area contributed by atoms with Crippen molar-refractivity contribution in [3.8, 4) is 0 Å². The van der Waals surface area contributed by atoms with E-state index in [1.54, 1.807) is 24.3 Å². The van der Waals surface area contributed by atoms with E-state index >= 15 is 0 Å². The summed E-state index contributed by atoms with van der Waals surface area (Å²) in [5, 5.41) is 3.49. The Hall–Kier alpha value is -3.44. The molecule has 0 saturated carbocycles. The molecule has 1 heterocycles. The average molecular weight is 446 g/mol. The molecule has 32 heavy (non-hydrogen) atoms. The summed E-state index contributed by atoms with van der Waals surface area (Å²) in [6, 6.07) is 23.0. The number of halogens is 1. The lowest BCUT2D eigenvalue weighted by atomic mass is 10.1. The molecule has 0 saturated heterocycles. The lowest BCUT2D eigenvalue weighted by Gasteiger charge is -2.11. The number of para-hydroxylation sites is 2. The van der Waals surface area contributed by atoms with Gasteiger partial charge in [-0.05, 0) is 48.9 Å². The summed E-state index contributed by atoms with van der Waals surface area (Å²) in [6.45, 7) is 3.03. The fraction of sp³-hybridized carbons (Fsp3) is 0.192. The molecule has 1 amide bonds. The van der Waals surface area contributed by atoms with E-state index in [4.69, 9.17) is 16.6 Å². The van der Waals surface area contributed by atoms with Gasteiger partial charge in [-0.1, -0.05) is 53.6 Å². The van der Waals surface area contributed by atoms with Gasteiger partial charge in [0, 0.05) is 30.0 Å². The highest BCUT2D eigenvalue weighted by atomic mass is 35.5. The highest BCUT2D eigenvalue weighted by Gasteiger charge is 2.13. The van der Waals surface area contributed by atoms with Crippen molar-refractivity contribution in [3.05, 3.63) is 100 Å². The van der Waals surface area contributed by atoms with Crippen LogP contribution in [0.3, 0.4) is 0 Å². The molecule has 1 N–H and O–H groups in total. The zero-order valence-corrected chi connectivity index (χ0v) is 18.6. The van der Waals surface area contributed by atoms with E-state index < -0.39 is 0 Å². The van der Waals surface area contributed by atoms with Crippen LogP contribution in [0.25, 0.3) is 11.0 Å². The molecule has 1 aromatic heterocycles. The van der Waals surface area contributed by atoms with E-state index in [-0.39, 0.29) is 24.5 Å². The number of Topliss-reactive ketones (excluding diaryl/α,β-unsaturated/α-hetero) is 1. The third-order valence-corrected chi connectivity index (χ3v) is 5.64. The van der Waals surface area contributed by atoms with Crippen molar-refractivity contribution in [2.45, 2.75) is 32.9 Å². The molecule has 6 heteroatoms. The SMILES string of the molecule is Cc1ccc(Cn2c(CNC(=O)CCC(=O)c3ccc(Cl)cc3)nc3ccccc32)cc1. The first-order valence-electron chi connectivity index (χ1n) is 10.5. The summed E-state index contributed by atoms with van der Waals surface area (Å²) in [6.07, 6.45) is 0.271. The normalized spacial score (nSPS) is 10.9. The Morgan fingerprint density at radius 3 is 2.41 bits per heavy atom. The Labute approximate surface area is 192 Å². The largest absolute Gasteiger partial charge is 0.349 e. The van der Waals surface area contributed by atoms with Crippen LogP contribution >= 0.6 is 11.6 Å². The predicted octanol–water partition coefficient (Wildman–Crippen LogP) is 5.33. The van der Waals surface area contributed by atoms with Crippen LogP contribution in [-0.4, -0.2) is 21.2 Å². The van der Waals surface area contributed by atoms with Gasteiger partial charge < -0.3 is 9.88 Å². The molecule has 4 aromatic rings. The number of fused-ring (bicyclic) bond motifs is 1. The van der Waals surface area contributed by atoms with Crippen molar-refractivity contribution in [1.82, 2.24) is 14.9 Å². The monoisotopic (exact) mass is 445 g/mol. The molecule has 0 aliphatic carbocycles. The third kappa shape index (κ3) is 5.24. The molecule has 0 atom stereocenters. The quantitative estimate of drug-likeness (QED) is 0.373. The van der Waals surface area contributed by atoms with Crippen LogP contribution in [0.1, 0.15) is 40.2 Å². The summed E-state index contributed by atoms with van der Waals surface area (Å²) in [5.41, 5.74) is 4.85. The molecule has 0 spiro atoms. The van der Waals surface area contributed by atoms with Crippen molar-refractivity contribution in [2.75, 3.05) is 0 Å². The molecule has 0 aliphatic heterocycles. The van der Waals surface area contributed by atoms with E-state index in [0.29, 0.717) is 23.7 Å². The van der Waals surface area contributed by atoms with E-state index in [0.717, 1.165) is 16.9 Å². The maximum absolute atomic E-state index is 12.4. The van der Waals surface area contributed by atoms with Crippen LogP contribution in [0.2, 0.25) is 5.02 Å². The number of rotatable bonds is 8. The van der Waals surface area contributed by atoms with Gasteiger partial charge in [0.05, 0.1) is 17.6 Å². The van der Waals surface area contributed by atoms with Crippen LogP contribution < -0.4 is 5.32 Å². The minimum Gasteiger partial charge on any atom is -0.349 e. The number of carbonyl (C=O) groups excluding carboxylic acids is 2. The number of hydrogen-bond acceptors (Lipinski definition) is 3. The number of amides is 1. The highest BCUT2D eigenvalue weighted by Crippen LogP contribution is 2.18. The van der Waals surface area contributed by atoms with Crippen molar-refractivity contribution in [3.63, 3.8) is 0 Å². The van der Waals surface area contributed by atoms with E-state index in [9.17, 15) is 9.59 Å². The molecular formula is C26H24ClN3O2. The summed E-state index contributed by atoms with van der Waals surface area (Å²) >= 11 is 5.86. The van der Waals surface area contributed by atoms with Gasteiger partial charge in [-0.2, -0.15) is 0 Å². The van der Waals surface area contributed by atoms with Crippen LogP contribution in [0, 0.1) is 6.92 Å². The molecule has 4 rings (SSSR count). The van der Waals surface area contributed by atoms with Crippen LogP contribution in [0.4, 0.5) is 0 Å². The van der Waals surface area contributed by atoms with Crippen molar-refractivity contribution in [1.29, 1.82) is 0 Å². The fourth-order valence-corrected chi connectivity index (χ4v) is 3.71. The summed E-state index contributed by atoms with van der Waals surface area (Å²) in [4.78, 5) is 29.4. The molecule has 0 aliphatic rings. The zero-order valence-electron chi connectivity index (χ0n) is 17.8. The van der Waals surface area contributed by atoms with Gasteiger partial charge >= 0.3 is 0 Å². The molecule has 5 nitrogen and oxygen atoms in total. The fourth-order valence-electron chi connectivity index (χ4n) is 3.59. The summed E-state index contributed by atoms with van der Waals surface area (Å²) in [5.74, 6) is 0.522. The number of ketones is 1. The molecule has 0 bridgehead atoms. The number of aromatic nitrogens is 2. The zero-order chi connectivity index (χ0) is 22.5. The van der Waals surface area contributed by atoms with Gasteiger partial charge in [0.2, 0.25) is 5.91 Å². The molecule has 0 fully saturated rings. The first-order chi connectivity index (χ1) is 15.5. The van der Waals surface area contributed by atoms with Crippen LogP contribution in [0.5, 0.6) is 0 Å². The van der Waals surface area contributed by atoms with Gasteiger partial charge in [-0.15, -0.1) is 0 Å². The second kappa shape index (κ2) is 9.79. The Balaban J connectivity index is 1.42. The number of hydrogen-bond donors (Lipinski definition) is 1. The van der Waals surface area contributed by atoms with Crippen LogP contribution in [-0.2, 0) is 17.9 Å². The van der Waals surface area contributed by atoms with Gasteiger partial charge in [0.1, 0.15) is 5.82 Å². The molecule has 162 valence electrons. The van der Waals surface area contributed by atoms with Crippen LogP contribution in [0.15, 0.2) is 72.8 Å². The number of carbonyl (C=O) groups is 2. The van der Waals surface area contributed by atoms with Crippen molar-refractivity contribution < 1.29 is 9.59 Å². The summed E-state index contributed by atoms with van der Waals surface area (Å²) in [7, 11) is 0. The van der Waals surface area contributed by atoms with E-state index in [2.05, 4.69) is 41.1 Å². The number of benzene rings is 3. The van der Waals surface area contributed by atoms with Crippen molar-refractivity contribution >= 4 is 34.3 Å². The lowest BCUT2D eigenvalue weighted by Crippen LogP contribution is -2.25. The first kappa shape index (κ1) is 21.8. The highest BCUT2D eigenvalue weighted by molar-refractivity contribution is 6.30. The number of aryl methyl sites for hydroxylation is 1. The predicted molar refractivity (Wildman–Crippen MR) is 127 cm³/mol. The Morgan fingerprint density at radius 1 is 0.938 bits per heavy atom. The Bertz CT molecular complexity index is 1240. The van der Waals surface area contributed by atoms with Gasteiger partial charge in [-0.3, -0.25) is 9.59 Å². The number of nitrogens with one attached hydrogen (secondary N) is 1. The second-order valence-electron chi connectivity index (χ2n) is 7.80. The summed E-state index contributed by atoms with van der Waals surface area (Å²) < 4.78 is 2.12. The standard InChI is InChI=1S/C26H24ClN3O2/c1-18-6-8-19(9-7-18)17-30-23-5-3-2-4-22(23)29-25(30)16-28-26(32)15-14-24(31)20-10-12-21(27)13-11-20/h2-13H,14-17H2,1H3,(H,28,32). The Morgan fingerprint density at radius 2 is 1.66 bits per heavy atom. The van der Waals surface area contributed by atoms with Gasteiger partial charge in [-0.25, -0.2) is 4.98 Å². The van der Waals surface area contributed by atoms with Gasteiger partial charge in [0.15, 0.2) is 5.78 Å². The molecular weight excluding hydrogens is 422 g/mol. The molecule has 3 aromatic carbocycles. The number of imidazole rings is 1.